The molecule has 2 aliphatic carbocycles. The van der Waals surface area contributed by atoms with Crippen LogP contribution in [0.5, 0.6) is 11.5 Å². The summed E-state index contributed by atoms with van der Waals surface area (Å²) >= 11 is 0. The fourth-order valence-electron chi connectivity index (χ4n) is 4.47. The number of carbonyl (C=O) groups is 1. The van der Waals surface area contributed by atoms with Crippen LogP contribution in [0.1, 0.15) is 63.4 Å². The number of nitrogens with one attached hydrogen (secondary N) is 1. The second kappa shape index (κ2) is 7.45. The highest BCUT2D eigenvalue weighted by molar-refractivity contribution is 5.79. The number of ether oxygens (including phenoxy) is 1. The van der Waals surface area contributed by atoms with E-state index in [2.05, 4.69) is 5.32 Å². The molecule has 0 aliphatic heterocycles. The van der Waals surface area contributed by atoms with Crippen LogP contribution in [0.25, 0.3) is 0 Å². The van der Waals surface area contributed by atoms with E-state index in [0.717, 1.165) is 18.4 Å². The molecule has 1 aromatic rings. The fourth-order valence-corrected chi connectivity index (χ4v) is 4.47. The average molecular weight is 331 g/mol. The van der Waals surface area contributed by atoms with Gasteiger partial charge < -0.3 is 15.2 Å². The van der Waals surface area contributed by atoms with Crippen molar-refractivity contribution in [2.24, 2.45) is 5.41 Å². The summed E-state index contributed by atoms with van der Waals surface area (Å²) in [7, 11) is 1.52. The van der Waals surface area contributed by atoms with Gasteiger partial charge >= 0.3 is 0 Å². The molecule has 0 atom stereocenters. The van der Waals surface area contributed by atoms with Crippen molar-refractivity contribution < 1.29 is 14.6 Å². The summed E-state index contributed by atoms with van der Waals surface area (Å²) in [6, 6.07) is 5.40. The molecule has 1 amide bonds. The Morgan fingerprint density at radius 2 is 1.92 bits per heavy atom. The summed E-state index contributed by atoms with van der Waals surface area (Å²) in [6.45, 7) is 0. The Hall–Kier alpha value is -1.71. The van der Waals surface area contributed by atoms with Gasteiger partial charge in [0.25, 0.3) is 0 Å². The van der Waals surface area contributed by atoms with Gasteiger partial charge in [-0.15, -0.1) is 0 Å². The lowest BCUT2D eigenvalue weighted by Gasteiger charge is -2.43. The van der Waals surface area contributed by atoms with Crippen LogP contribution in [0.2, 0.25) is 0 Å². The highest BCUT2D eigenvalue weighted by Crippen LogP contribution is 2.47. The summed E-state index contributed by atoms with van der Waals surface area (Å²) in [4.78, 5) is 12.3. The zero-order valence-corrected chi connectivity index (χ0v) is 14.6. The predicted octanol–water partition coefficient (Wildman–Crippen LogP) is 3.95. The van der Waals surface area contributed by atoms with Gasteiger partial charge in [0, 0.05) is 6.04 Å². The smallest absolute Gasteiger partial charge is 0.224 e. The SMILES string of the molecule is COc1cc(CC(=O)NC2CCC3(CCCCC3)CC2)ccc1O. The normalized spacial score (nSPS) is 20.7. The van der Waals surface area contributed by atoms with Gasteiger partial charge in [0.05, 0.1) is 13.5 Å². The zero-order chi connectivity index (χ0) is 17.0. The Morgan fingerprint density at radius 1 is 1.21 bits per heavy atom. The lowest BCUT2D eigenvalue weighted by Crippen LogP contribution is -2.41. The quantitative estimate of drug-likeness (QED) is 0.878. The van der Waals surface area contributed by atoms with Crippen LogP contribution >= 0.6 is 0 Å². The van der Waals surface area contributed by atoms with Gasteiger partial charge in [0.1, 0.15) is 0 Å². The number of methoxy groups -OCH3 is 1. The minimum Gasteiger partial charge on any atom is -0.504 e. The molecule has 24 heavy (non-hydrogen) atoms. The summed E-state index contributed by atoms with van der Waals surface area (Å²) in [5, 5.41) is 12.8. The maximum absolute atomic E-state index is 12.3. The Morgan fingerprint density at radius 3 is 2.58 bits per heavy atom. The first-order valence-electron chi connectivity index (χ1n) is 9.25. The van der Waals surface area contributed by atoms with Crippen LogP contribution in [0.15, 0.2) is 18.2 Å². The lowest BCUT2D eigenvalue weighted by atomic mass is 9.64. The van der Waals surface area contributed by atoms with Gasteiger partial charge in [-0.1, -0.05) is 25.3 Å². The van der Waals surface area contributed by atoms with Crippen LogP contribution < -0.4 is 10.1 Å². The molecule has 2 fully saturated rings. The first-order chi connectivity index (χ1) is 11.6. The van der Waals surface area contributed by atoms with E-state index in [-0.39, 0.29) is 11.7 Å². The molecule has 2 saturated carbocycles. The highest BCUT2D eigenvalue weighted by atomic mass is 16.5. The molecule has 1 spiro atoms. The number of hydrogen-bond donors (Lipinski definition) is 2. The van der Waals surface area contributed by atoms with Gasteiger partial charge in [-0.3, -0.25) is 4.79 Å². The summed E-state index contributed by atoms with van der Waals surface area (Å²) < 4.78 is 5.10. The Balaban J connectivity index is 1.49. The molecular weight excluding hydrogens is 302 g/mol. The zero-order valence-electron chi connectivity index (χ0n) is 14.6. The summed E-state index contributed by atoms with van der Waals surface area (Å²) in [5.41, 5.74) is 1.45. The largest absolute Gasteiger partial charge is 0.504 e. The van der Waals surface area contributed by atoms with Crippen molar-refractivity contribution in [3.63, 3.8) is 0 Å². The molecule has 2 aliphatic rings. The Labute approximate surface area is 144 Å². The molecule has 0 bridgehead atoms. The molecule has 4 nitrogen and oxygen atoms in total. The van der Waals surface area contributed by atoms with E-state index in [1.165, 1.54) is 52.1 Å². The number of amides is 1. The molecule has 0 radical (unpaired) electrons. The van der Waals surface area contributed by atoms with Gasteiger partial charge in [0.15, 0.2) is 11.5 Å². The number of phenolic OH excluding ortho intramolecular Hbond substituents is 1. The van der Waals surface area contributed by atoms with E-state index in [1.54, 1.807) is 18.2 Å². The molecule has 0 unspecified atom stereocenters. The number of aromatic hydroxyl groups is 1. The predicted molar refractivity (Wildman–Crippen MR) is 94.3 cm³/mol. The van der Waals surface area contributed by atoms with E-state index in [0.29, 0.717) is 23.6 Å². The number of hydrogen-bond acceptors (Lipinski definition) is 3. The number of phenols is 1. The number of carbonyl (C=O) groups excluding carboxylic acids is 1. The minimum atomic E-state index is 0.0623. The lowest BCUT2D eigenvalue weighted by molar-refractivity contribution is -0.121. The van der Waals surface area contributed by atoms with E-state index in [9.17, 15) is 9.90 Å². The van der Waals surface area contributed by atoms with Crippen LogP contribution in [0.3, 0.4) is 0 Å². The molecule has 0 heterocycles. The topological polar surface area (TPSA) is 58.6 Å². The van der Waals surface area contributed by atoms with Crippen molar-refractivity contribution in [3.05, 3.63) is 23.8 Å². The molecule has 1 aromatic carbocycles. The Bertz CT molecular complexity index is 568. The third-order valence-corrected chi connectivity index (χ3v) is 5.93. The fraction of sp³-hybridized carbons (Fsp3) is 0.650. The van der Waals surface area contributed by atoms with Crippen molar-refractivity contribution in [1.82, 2.24) is 5.32 Å². The standard InChI is InChI=1S/C20H29NO3/c1-24-18-13-15(5-6-17(18)22)14-19(23)21-16-7-11-20(12-8-16)9-3-2-4-10-20/h5-6,13,16,22H,2-4,7-12,14H2,1H3,(H,21,23). The van der Waals surface area contributed by atoms with E-state index >= 15 is 0 Å². The highest BCUT2D eigenvalue weighted by Gasteiger charge is 2.36. The van der Waals surface area contributed by atoms with Gasteiger partial charge in [-0.2, -0.15) is 0 Å². The average Bonchev–Trinajstić information content (AvgIpc) is 2.60. The first-order valence-corrected chi connectivity index (χ1v) is 9.25. The van der Waals surface area contributed by atoms with Crippen LogP contribution in [-0.4, -0.2) is 24.2 Å². The molecular formula is C20H29NO3. The second-order valence-corrected chi connectivity index (χ2v) is 7.59. The van der Waals surface area contributed by atoms with Gasteiger partial charge in [-0.05, 0) is 61.6 Å². The minimum absolute atomic E-state index is 0.0623. The number of benzene rings is 1. The Kier molecular flexibility index (Phi) is 5.32. The van der Waals surface area contributed by atoms with Crippen molar-refractivity contribution in [2.75, 3.05) is 7.11 Å². The molecule has 0 aromatic heterocycles. The van der Waals surface area contributed by atoms with E-state index < -0.39 is 0 Å². The molecule has 0 saturated heterocycles. The molecule has 2 N–H and O–H groups in total. The van der Waals surface area contributed by atoms with Crippen LogP contribution in [-0.2, 0) is 11.2 Å². The van der Waals surface area contributed by atoms with Gasteiger partial charge in [-0.25, -0.2) is 0 Å². The number of rotatable bonds is 4. The van der Waals surface area contributed by atoms with Crippen molar-refractivity contribution in [3.8, 4) is 11.5 Å². The summed E-state index contributed by atoms with van der Waals surface area (Å²) in [5.74, 6) is 0.580. The molecule has 4 heteroatoms. The van der Waals surface area contributed by atoms with Crippen LogP contribution in [0.4, 0.5) is 0 Å². The third kappa shape index (κ3) is 4.03. The van der Waals surface area contributed by atoms with Crippen LogP contribution in [0, 0.1) is 5.41 Å². The molecule has 3 rings (SSSR count). The van der Waals surface area contributed by atoms with Crippen molar-refractivity contribution in [2.45, 2.75) is 70.3 Å². The van der Waals surface area contributed by atoms with E-state index in [1.807, 2.05) is 0 Å². The monoisotopic (exact) mass is 331 g/mol. The van der Waals surface area contributed by atoms with Crippen molar-refractivity contribution >= 4 is 5.91 Å². The summed E-state index contributed by atoms with van der Waals surface area (Å²) in [6.07, 6.45) is 12.1. The third-order valence-electron chi connectivity index (χ3n) is 5.93. The second-order valence-electron chi connectivity index (χ2n) is 7.59. The maximum Gasteiger partial charge on any atom is 0.224 e. The van der Waals surface area contributed by atoms with E-state index in [4.69, 9.17) is 4.74 Å². The maximum atomic E-state index is 12.3. The molecule has 132 valence electrons. The van der Waals surface area contributed by atoms with Crippen molar-refractivity contribution in [1.29, 1.82) is 0 Å². The first kappa shape index (κ1) is 17.1. The van der Waals surface area contributed by atoms with Gasteiger partial charge in [0.2, 0.25) is 5.91 Å².